The van der Waals surface area contributed by atoms with E-state index in [9.17, 15) is 20.0 Å². The Morgan fingerprint density at radius 1 is 1.48 bits per heavy atom. The van der Waals surface area contributed by atoms with Gasteiger partial charge >= 0.3 is 5.97 Å². The predicted octanol–water partition coefficient (Wildman–Crippen LogP) is 3.75. The second-order valence-corrected chi connectivity index (χ2v) is 7.26. The lowest BCUT2D eigenvalue weighted by molar-refractivity contribution is -0.384. The van der Waals surface area contributed by atoms with Crippen molar-refractivity contribution in [2.45, 2.75) is 27.2 Å². The molecule has 0 bridgehead atoms. The molecule has 7 heteroatoms. The van der Waals surface area contributed by atoms with Crippen molar-refractivity contribution in [2.24, 2.45) is 11.3 Å². The summed E-state index contributed by atoms with van der Waals surface area (Å²) in [5.41, 5.74) is 0.656. The number of aliphatic carboxylic acids is 1. The first-order valence-electron chi connectivity index (χ1n) is 6.51. The number of non-ortho nitro benzene ring substituents is 1. The minimum Gasteiger partial charge on any atom is -0.481 e. The number of nitro benzene ring substituents is 1. The zero-order valence-electron chi connectivity index (χ0n) is 12.2. The summed E-state index contributed by atoms with van der Waals surface area (Å²) in [5, 5.41) is 23.0. The summed E-state index contributed by atoms with van der Waals surface area (Å²) < 4.78 is 0.696. The highest BCUT2D eigenvalue weighted by Gasteiger charge is 2.24. The largest absolute Gasteiger partial charge is 0.481 e. The van der Waals surface area contributed by atoms with Crippen LogP contribution in [0, 0.1) is 25.0 Å². The van der Waals surface area contributed by atoms with Crippen molar-refractivity contribution in [1.82, 2.24) is 0 Å². The molecule has 1 aromatic carbocycles. The molecule has 0 amide bonds. The van der Waals surface area contributed by atoms with Crippen LogP contribution in [0.5, 0.6) is 0 Å². The molecule has 0 aliphatic carbocycles. The molecule has 0 saturated carbocycles. The maximum atomic E-state index is 11.3. The van der Waals surface area contributed by atoms with Gasteiger partial charge in [0.25, 0.3) is 5.69 Å². The van der Waals surface area contributed by atoms with Crippen molar-refractivity contribution in [1.29, 1.82) is 0 Å². The van der Waals surface area contributed by atoms with Crippen molar-refractivity contribution < 1.29 is 14.8 Å². The van der Waals surface area contributed by atoms with Gasteiger partial charge in [-0.2, -0.15) is 0 Å². The van der Waals surface area contributed by atoms with Gasteiger partial charge in [-0.05, 0) is 40.5 Å². The quantitative estimate of drug-likeness (QED) is 0.427. The summed E-state index contributed by atoms with van der Waals surface area (Å²) >= 11 is 2.00. The van der Waals surface area contributed by atoms with Crippen molar-refractivity contribution in [2.75, 3.05) is 11.9 Å². The first-order chi connectivity index (χ1) is 9.60. The molecule has 0 fully saturated rings. The first kappa shape index (κ1) is 17.7. The molecular weight excluding hydrogens is 387 g/mol. The molecule has 116 valence electrons. The van der Waals surface area contributed by atoms with E-state index < -0.39 is 16.8 Å². The number of benzene rings is 1. The monoisotopic (exact) mass is 406 g/mol. The summed E-state index contributed by atoms with van der Waals surface area (Å²) in [4.78, 5) is 21.5. The third kappa shape index (κ3) is 5.86. The van der Waals surface area contributed by atoms with E-state index in [4.69, 9.17) is 0 Å². The van der Waals surface area contributed by atoms with Gasteiger partial charge < -0.3 is 10.4 Å². The van der Waals surface area contributed by atoms with Crippen molar-refractivity contribution >= 4 is 39.9 Å². The molecule has 0 aliphatic heterocycles. The number of carbonyl (C=O) groups is 1. The van der Waals surface area contributed by atoms with Crippen LogP contribution in [-0.4, -0.2) is 22.5 Å². The van der Waals surface area contributed by atoms with Gasteiger partial charge in [0.15, 0.2) is 0 Å². The summed E-state index contributed by atoms with van der Waals surface area (Å²) in [6.07, 6.45) is 0.554. The van der Waals surface area contributed by atoms with Gasteiger partial charge in [0.2, 0.25) is 0 Å². The van der Waals surface area contributed by atoms with E-state index in [1.54, 1.807) is 6.07 Å². The molecule has 0 spiro atoms. The lowest BCUT2D eigenvalue weighted by Crippen LogP contribution is -2.27. The van der Waals surface area contributed by atoms with E-state index >= 15 is 0 Å². The summed E-state index contributed by atoms with van der Waals surface area (Å²) in [7, 11) is 0. The Labute approximate surface area is 137 Å². The molecule has 6 nitrogen and oxygen atoms in total. The van der Waals surface area contributed by atoms with Crippen LogP contribution >= 0.6 is 22.6 Å². The van der Waals surface area contributed by atoms with Crippen molar-refractivity contribution in [3.63, 3.8) is 0 Å². The van der Waals surface area contributed by atoms with Crippen LogP contribution < -0.4 is 5.32 Å². The third-order valence-electron chi connectivity index (χ3n) is 2.91. The van der Waals surface area contributed by atoms with Crippen LogP contribution in [0.15, 0.2) is 18.2 Å². The Morgan fingerprint density at radius 2 is 2.10 bits per heavy atom. The normalized spacial score (nSPS) is 12.8. The number of halogens is 1. The molecule has 0 radical (unpaired) electrons. The molecule has 1 aromatic rings. The van der Waals surface area contributed by atoms with Crippen molar-refractivity contribution in [3.8, 4) is 0 Å². The molecule has 0 aliphatic rings. The summed E-state index contributed by atoms with van der Waals surface area (Å²) in [6, 6.07) is 4.47. The number of rotatable bonds is 6. The standard InChI is InChI=1S/C14H19IN2O4/c1-14(2,3)7-9(13(18)19)8-16-12-5-4-10(17(20)21)6-11(12)15/h4-6,9,16H,7-8H2,1-3H3,(H,18,19). The van der Waals surface area contributed by atoms with E-state index in [1.807, 2.05) is 43.4 Å². The molecule has 1 unspecified atom stereocenters. The number of nitrogens with one attached hydrogen (secondary N) is 1. The Hall–Kier alpha value is -1.38. The highest BCUT2D eigenvalue weighted by molar-refractivity contribution is 14.1. The number of anilines is 1. The van der Waals surface area contributed by atoms with Crippen LogP contribution in [0.3, 0.4) is 0 Å². The molecular formula is C14H19IN2O4. The zero-order chi connectivity index (χ0) is 16.2. The molecule has 0 aromatic heterocycles. The SMILES string of the molecule is CC(C)(C)CC(CNc1ccc([N+](=O)[O-])cc1I)C(=O)O. The van der Waals surface area contributed by atoms with E-state index in [0.717, 1.165) is 0 Å². The maximum Gasteiger partial charge on any atom is 0.308 e. The van der Waals surface area contributed by atoms with Crippen LogP contribution in [0.1, 0.15) is 27.2 Å². The average molecular weight is 406 g/mol. The molecule has 2 N–H and O–H groups in total. The average Bonchev–Trinajstić information content (AvgIpc) is 2.33. The fourth-order valence-corrected chi connectivity index (χ4v) is 2.67. The van der Waals surface area contributed by atoms with Crippen LogP contribution in [0.25, 0.3) is 0 Å². The van der Waals surface area contributed by atoms with Crippen molar-refractivity contribution in [3.05, 3.63) is 31.9 Å². The topological polar surface area (TPSA) is 92.5 Å². The highest BCUT2D eigenvalue weighted by Crippen LogP contribution is 2.27. The zero-order valence-corrected chi connectivity index (χ0v) is 14.4. The van der Waals surface area contributed by atoms with Crippen LogP contribution in [0.4, 0.5) is 11.4 Å². The van der Waals surface area contributed by atoms with Crippen LogP contribution in [0.2, 0.25) is 0 Å². The smallest absolute Gasteiger partial charge is 0.308 e. The second kappa shape index (κ2) is 7.06. The van der Waals surface area contributed by atoms with E-state index in [2.05, 4.69) is 5.32 Å². The summed E-state index contributed by atoms with van der Waals surface area (Å²) in [6.45, 7) is 6.29. The molecule has 0 heterocycles. The molecule has 21 heavy (non-hydrogen) atoms. The maximum absolute atomic E-state index is 11.3. The number of nitro groups is 1. The second-order valence-electron chi connectivity index (χ2n) is 6.10. The number of carboxylic acid groups (broad SMARTS) is 1. The fraction of sp³-hybridized carbons (Fsp3) is 0.500. The van der Waals surface area contributed by atoms with E-state index in [-0.39, 0.29) is 11.1 Å². The lowest BCUT2D eigenvalue weighted by atomic mass is 9.84. The minimum absolute atomic E-state index is 0.0226. The Balaban J connectivity index is 2.77. The Bertz CT molecular complexity index is 540. The van der Waals surface area contributed by atoms with Gasteiger partial charge in [-0.15, -0.1) is 0 Å². The number of carboxylic acids is 1. The summed E-state index contributed by atoms with van der Waals surface area (Å²) in [5.74, 6) is -1.34. The van der Waals surface area contributed by atoms with Gasteiger partial charge in [-0.1, -0.05) is 20.8 Å². The molecule has 1 atom stereocenters. The first-order valence-corrected chi connectivity index (χ1v) is 7.58. The lowest BCUT2D eigenvalue weighted by Gasteiger charge is -2.24. The molecule has 0 saturated heterocycles. The van der Waals surface area contributed by atoms with Gasteiger partial charge in [-0.3, -0.25) is 14.9 Å². The molecule has 1 rings (SSSR count). The van der Waals surface area contributed by atoms with Gasteiger partial charge in [0, 0.05) is 27.9 Å². The van der Waals surface area contributed by atoms with E-state index in [0.29, 0.717) is 22.2 Å². The predicted molar refractivity (Wildman–Crippen MR) is 89.5 cm³/mol. The van der Waals surface area contributed by atoms with E-state index in [1.165, 1.54) is 12.1 Å². The fourth-order valence-electron chi connectivity index (χ4n) is 1.98. The third-order valence-corrected chi connectivity index (χ3v) is 3.80. The highest BCUT2D eigenvalue weighted by atomic mass is 127. The van der Waals surface area contributed by atoms with Crippen LogP contribution in [-0.2, 0) is 4.79 Å². The Kier molecular flexibility index (Phi) is 5.94. The van der Waals surface area contributed by atoms with Gasteiger partial charge in [-0.25, -0.2) is 0 Å². The number of hydrogen-bond donors (Lipinski definition) is 2. The number of nitrogens with zero attached hydrogens (tertiary/aromatic N) is 1. The van der Waals surface area contributed by atoms with Gasteiger partial charge in [0.1, 0.15) is 0 Å². The van der Waals surface area contributed by atoms with Gasteiger partial charge in [0.05, 0.1) is 10.8 Å². The minimum atomic E-state index is -0.839. The number of hydrogen-bond acceptors (Lipinski definition) is 4. The Morgan fingerprint density at radius 3 is 2.52 bits per heavy atom.